The Morgan fingerprint density at radius 3 is 2.48 bits per heavy atom. The number of carbonyl (C=O) groups is 2. The lowest BCUT2D eigenvalue weighted by molar-refractivity contribution is -0.139. The van der Waals surface area contributed by atoms with E-state index < -0.39 is 35.9 Å². The van der Waals surface area contributed by atoms with E-state index in [2.05, 4.69) is 5.32 Å². The summed E-state index contributed by atoms with van der Waals surface area (Å²) in [5.74, 6) is -2.47. The maximum Gasteiger partial charge on any atom is 0.408 e. The predicted molar refractivity (Wildman–Crippen MR) is 72.6 cm³/mol. The molecule has 0 aromatic heterocycles. The summed E-state index contributed by atoms with van der Waals surface area (Å²) in [6.45, 7) is 4.89. The first-order chi connectivity index (χ1) is 9.60. The van der Waals surface area contributed by atoms with Gasteiger partial charge in [0.2, 0.25) is 0 Å². The highest BCUT2D eigenvalue weighted by atomic mass is 19.1. The van der Waals surface area contributed by atoms with Gasteiger partial charge in [0.05, 0.1) is 0 Å². The first-order valence-electron chi connectivity index (χ1n) is 6.29. The van der Waals surface area contributed by atoms with Crippen molar-refractivity contribution in [3.05, 3.63) is 29.6 Å². The van der Waals surface area contributed by atoms with Gasteiger partial charge in [0.15, 0.2) is 0 Å². The molecule has 1 aromatic carbocycles. The van der Waals surface area contributed by atoms with Crippen molar-refractivity contribution in [2.75, 3.05) is 0 Å². The number of phenols is 1. The number of nitrogens with one attached hydrogen (secondary N) is 1. The third-order valence-corrected chi connectivity index (χ3v) is 2.49. The van der Waals surface area contributed by atoms with Crippen LogP contribution in [0.15, 0.2) is 18.2 Å². The first-order valence-corrected chi connectivity index (χ1v) is 6.29. The lowest BCUT2D eigenvalue weighted by Crippen LogP contribution is -2.44. The van der Waals surface area contributed by atoms with Gasteiger partial charge in [-0.25, -0.2) is 14.0 Å². The Bertz CT molecular complexity index is 518. The van der Waals surface area contributed by atoms with Crippen LogP contribution in [0, 0.1) is 5.82 Å². The number of ether oxygens (including phenoxy) is 1. The molecule has 0 spiro atoms. The van der Waals surface area contributed by atoms with Crippen LogP contribution >= 0.6 is 0 Å². The van der Waals surface area contributed by atoms with Gasteiger partial charge in [0, 0.05) is 12.0 Å². The number of alkyl carbamates (subject to hydrolysis) is 1. The molecule has 0 fully saturated rings. The molecule has 0 bridgehead atoms. The highest BCUT2D eigenvalue weighted by Crippen LogP contribution is 2.21. The van der Waals surface area contributed by atoms with Gasteiger partial charge in [-0.05, 0) is 32.9 Å². The second-order valence-corrected chi connectivity index (χ2v) is 5.48. The van der Waals surface area contributed by atoms with Crippen molar-refractivity contribution in [3.63, 3.8) is 0 Å². The highest BCUT2D eigenvalue weighted by molar-refractivity contribution is 5.80. The number of phenolic OH excluding ortho intramolecular Hbond substituents is 1. The fourth-order valence-electron chi connectivity index (χ4n) is 1.60. The molecular formula is C14H18FNO5. The van der Waals surface area contributed by atoms with Crippen LogP contribution in [0.5, 0.6) is 5.75 Å². The standard InChI is InChI=1S/C14H18FNO5/c1-14(2,3)21-13(20)16-10(12(18)19)7-8-9(15)5-4-6-11(8)17/h4-6,10,17H,7H2,1-3H3,(H,16,20)(H,18,19)/t10-/m0/s1. The van der Waals surface area contributed by atoms with Crippen LogP contribution in [0.1, 0.15) is 26.3 Å². The van der Waals surface area contributed by atoms with Crippen LogP contribution in [0.3, 0.4) is 0 Å². The molecule has 0 aliphatic rings. The van der Waals surface area contributed by atoms with E-state index in [-0.39, 0.29) is 11.3 Å². The topological polar surface area (TPSA) is 95.9 Å². The van der Waals surface area contributed by atoms with Gasteiger partial charge in [0.1, 0.15) is 23.2 Å². The van der Waals surface area contributed by atoms with E-state index in [0.717, 1.165) is 6.07 Å². The summed E-state index contributed by atoms with van der Waals surface area (Å²) in [5, 5.41) is 20.8. The van der Waals surface area contributed by atoms with Gasteiger partial charge < -0.3 is 20.3 Å². The number of hydrogen-bond donors (Lipinski definition) is 3. The summed E-state index contributed by atoms with van der Waals surface area (Å²) in [6.07, 6.45) is -1.32. The molecular weight excluding hydrogens is 281 g/mol. The number of aromatic hydroxyl groups is 1. The molecule has 1 aromatic rings. The molecule has 0 aliphatic carbocycles. The van der Waals surface area contributed by atoms with Crippen LogP contribution in [0.25, 0.3) is 0 Å². The minimum absolute atomic E-state index is 0.180. The lowest BCUT2D eigenvalue weighted by atomic mass is 10.0. The van der Waals surface area contributed by atoms with Crippen LogP contribution in [-0.2, 0) is 16.0 Å². The summed E-state index contributed by atoms with van der Waals surface area (Å²) in [6, 6.07) is 2.22. The summed E-state index contributed by atoms with van der Waals surface area (Å²) in [7, 11) is 0. The zero-order chi connectivity index (χ0) is 16.2. The Kier molecular flexibility index (Phi) is 5.12. The van der Waals surface area contributed by atoms with Gasteiger partial charge >= 0.3 is 12.1 Å². The van der Waals surface area contributed by atoms with Gasteiger partial charge in [0.25, 0.3) is 0 Å². The Morgan fingerprint density at radius 2 is 2.00 bits per heavy atom. The van der Waals surface area contributed by atoms with E-state index in [1.165, 1.54) is 12.1 Å². The maximum atomic E-state index is 13.6. The smallest absolute Gasteiger partial charge is 0.408 e. The number of carboxylic acids is 1. The van der Waals surface area contributed by atoms with E-state index in [4.69, 9.17) is 9.84 Å². The van der Waals surface area contributed by atoms with E-state index in [9.17, 15) is 19.1 Å². The molecule has 0 saturated carbocycles. The molecule has 21 heavy (non-hydrogen) atoms. The quantitative estimate of drug-likeness (QED) is 0.790. The molecule has 0 unspecified atom stereocenters. The van der Waals surface area contributed by atoms with Gasteiger partial charge in [-0.3, -0.25) is 0 Å². The van der Waals surface area contributed by atoms with Crippen molar-refractivity contribution in [3.8, 4) is 5.75 Å². The minimum Gasteiger partial charge on any atom is -0.508 e. The van der Waals surface area contributed by atoms with Crippen molar-refractivity contribution in [2.45, 2.75) is 38.8 Å². The zero-order valence-corrected chi connectivity index (χ0v) is 12.0. The molecule has 0 heterocycles. The van der Waals surface area contributed by atoms with E-state index in [1.807, 2.05) is 0 Å². The van der Waals surface area contributed by atoms with Crippen molar-refractivity contribution >= 4 is 12.1 Å². The Hall–Kier alpha value is -2.31. The van der Waals surface area contributed by atoms with Crippen molar-refractivity contribution in [1.82, 2.24) is 5.32 Å². The Balaban J connectivity index is 2.84. The SMILES string of the molecule is CC(C)(C)OC(=O)N[C@@H](Cc1c(O)cccc1F)C(=O)O. The van der Waals surface area contributed by atoms with E-state index >= 15 is 0 Å². The minimum atomic E-state index is -1.41. The third-order valence-electron chi connectivity index (χ3n) is 2.49. The summed E-state index contributed by atoms with van der Waals surface area (Å²) >= 11 is 0. The Labute approximate surface area is 121 Å². The van der Waals surface area contributed by atoms with Crippen LogP contribution in [0.4, 0.5) is 9.18 Å². The number of carbonyl (C=O) groups excluding carboxylic acids is 1. The number of hydrogen-bond acceptors (Lipinski definition) is 4. The average molecular weight is 299 g/mol. The van der Waals surface area contributed by atoms with Crippen molar-refractivity contribution < 1.29 is 28.9 Å². The number of rotatable bonds is 4. The molecule has 7 heteroatoms. The number of halogens is 1. The van der Waals surface area contributed by atoms with Crippen LogP contribution in [-0.4, -0.2) is 33.9 Å². The van der Waals surface area contributed by atoms with Crippen molar-refractivity contribution in [2.24, 2.45) is 0 Å². The molecule has 1 atom stereocenters. The number of carboxylic acid groups (broad SMARTS) is 1. The average Bonchev–Trinajstić information content (AvgIpc) is 2.29. The number of benzene rings is 1. The largest absolute Gasteiger partial charge is 0.508 e. The number of aliphatic carboxylic acids is 1. The number of amides is 1. The third kappa shape index (κ3) is 5.29. The molecule has 3 N–H and O–H groups in total. The summed E-state index contributed by atoms with van der Waals surface area (Å²) in [5.41, 5.74) is -0.964. The predicted octanol–water partition coefficient (Wildman–Crippen LogP) is 2.05. The van der Waals surface area contributed by atoms with Crippen LogP contribution < -0.4 is 5.32 Å². The molecule has 1 amide bonds. The van der Waals surface area contributed by atoms with Gasteiger partial charge in [-0.1, -0.05) is 6.07 Å². The fraction of sp³-hybridized carbons (Fsp3) is 0.429. The molecule has 0 aliphatic heterocycles. The van der Waals surface area contributed by atoms with Gasteiger partial charge in [-0.2, -0.15) is 0 Å². The first kappa shape index (κ1) is 16.7. The Morgan fingerprint density at radius 1 is 1.38 bits per heavy atom. The van der Waals surface area contributed by atoms with Crippen LogP contribution in [0.2, 0.25) is 0 Å². The fourth-order valence-corrected chi connectivity index (χ4v) is 1.60. The molecule has 0 saturated heterocycles. The van der Waals surface area contributed by atoms with E-state index in [0.29, 0.717) is 0 Å². The normalized spacial score (nSPS) is 12.6. The molecule has 1 rings (SSSR count). The van der Waals surface area contributed by atoms with E-state index in [1.54, 1.807) is 20.8 Å². The molecule has 116 valence electrons. The monoisotopic (exact) mass is 299 g/mol. The maximum absolute atomic E-state index is 13.6. The second kappa shape index (κ2) is 6.43. The lowest BCUT2D eigenvalue weighted by Gasteiger charge is -2.22. The van der Waals surface area contributed by atoms with Crippen molar-refractivity contribution in [1.29, 1.82) is 0 Å². The second-order valence-electron chi connectivity index (χ2n) is 5.48. The molecule has 0 radical (unpaired) electrons. The molecule has 6 nitrogen and oxygen atoms in total. The zero-order valence-electron chi connectivity index (χ0n) is 12.0. The van der Waals surface area contributed by atoms with Gasteiger partial charge in [-0.15, -0.1) is 0 Å². The summed E-state index contributed by atoms with van der Waals surface area (Å²) < 4.78 is 18.5. The summed E-state index contributed by atoms with van der Waals surface area (Å²) in [4.78, 5) is 22.7. The highest BCUT2D eigenvalue weighted by Gasteiger charge is 2.26.